The molecule has 1 aliphatic heterocycles. The normalized spacial score (nSPS) is 18.3. The van der Waals surface area contributed by atoms with Crippen molar-refractivity contribution < 1.29 is 13.9 Å². The van der Waals surface area contributed by atoms with Gasteiger partial charge in [0.1, 0.15) is 11.6 Å². The standard InChI is InChI=1S/C13H17FN2O2.ClH/c1-18-10-4-5-11(14)12(7-10)16-13(17)9-3-2-6-15-8-9;/h4-5,7,9,15H,2-3,6,8H2,1H3,(H,16,17);1H/t9-;/m1./s1. The number of hydrogen-bond donors (Lipinski definition) is 2. The first-order valence-corrected chi connectivity index (χ1v) is 6.06. The molecule has 0 saturated carbocycles. The van der Waals surface area contributed by atoms with Gasteiger partial charge in [-0.05, 0) is 31.5 Å². The molecule has 1 heterocycles. The zero-order valence-electron chi connectivity index (χ0n) is 10.7. The molecule has 1 fully saturated rings. The van der Waals surface area contributed by atoms with Gasteiger partial charge in [-0.1, -0.05) is 0 Å². The van der Waals surface area contributed by atoms with E-state index in [0.717, 1.165) is 19.4 Å². The SMILES string of the molecule is COc1ccc(F)c(NC(=O)[C@@H]2CCCNC2)c1.Cl. The minimum atomic E-state index is -0.451. The number of halogens is 2. The summed E-state index contributed by atoms with van der Waals surface area (Å²) in [6.45, 7) is 1.59. The summed E-state index contributed by atoms with van der Waals surface area (Å²) in [4.78, 5) is 12.0. The molecule has 1 atom stereocenters. The van der Waals surface area contributed by atoms with E-state index in [9.17, 15) is 9.18 Å². The third kappa shape index (κ3) is 4.08. The summed E-state index contributed by atoms with van der Waals surface area (Å²) in [6, 6.07) is 4.30. The Kier molecular flexibility index (Phi) is 6.05. The molecule has 4 nitrogen and oxygen atoms in total. The molecule has 19 heavy (non-hydrogen) atoms. The number of carbonyl (C=O) groups is 1. The van der Waals surface area contributed by atoms with Crippen molar-refractivity contribution in [3.63, 3.8) is 0 Å². The van der Waals surface area contributed by atoms with E-state index in [4.69, 9.17) is 4.74 Å². The van der Waals surface area contributed by atoms with Gasteiger partial charge in [-0.3, -0.25) is 4.79 Å². The van der Waals surface area contributed by atoms with Crippen LogP contribution < -0.4 is 15.4 Å². The maximum atomic E-state index is 13.5. The molecule has 0 aromatic heterocycles. The van der Waals surface area contributed by atoms with E-state index in [-0.39, 0.29) is 29.9 Å². The first-order valence-electron chi connectivity index (χ1n) is 6.06. The monoisotopic (exact) mass is 288 g/mol. The number of amides is 1. The smallest absolute Gasteiger partial charge is 0.228 e. The quantitative estimate of drug-likeness (QED) is 0.896. The molecular formula is C13H18ClFN2O2. The number of ether oxygens (including phenoxy) is 1. The van der Waals surface area contributed by atoms with E-state index in [2.05, 4.69) is 10.6 Å². The highest BCUT2D eigenvalue weighted by Gasteiger charge is 2.21. The first kappa shape index (κ1) is 15.7. The maximum Gasteiger partial charge on any atom is 0.228 e. The van der Waals surface area contributed by atoms with Gasteiger partial charge >= 0.3 is 0 Å². The molecule has 0 bridgehead atoms. The van der Waals surface area contributed by atoms with Crippen LogP contribution in [-0.2, 0) is 4.79 Å². The zero-order valence-corrected chi connectivity index (χ0v) is 11.6. The summed E-state index contributed by atoms with van der Waals surface area (Å²) >= 11 is 0. The molecule has 6 heteroatoms. The van der Waals surface area contributed by atoms with Crippen molar-refractivity contribution in [2.45, 2.75) is 12.8 Å². The van der Waals surface area contributed by atoms with Crippen LogP contribution >= 0.6 is 12.4 Å². The predicted molar refractivity (Wildman–Crippen MR) is 74.4 cm³/mol. The summed E-state index contributed by atoms with van der Waals surface area (Å²) in [5.41, 5.74) is 0.171. The number of hydrogen-bond acceptors (Lipinski definition) is 3. The molecule has 106 valence electrons. The lowest BCUT2D eigenvalue weighted by molar-refractivity contribution is -0.120. The van der Waals surface area contributed by atoms with Crippen LogP contribution in [0.5, 0.6) is 5.75 Å². The highest BCUT2D eigenvalue weighted by atomic mass is 35.5. The van der Waals surface area contributed by atoms with Gasteiger partial charge in [0.05, 0.1) is 18.7 Å². The van der Waals surface area contributed by atoms with Crippen LogP contribution in [0.3, 0.4) is 0 Å². The molecular weight excluding hydrogens is 271 g/mol. The van der Waals surface area contributed by atoms with Crippen LogP contribution in [0, 0.1) is 11.7 Å². The first-order chi connectivity index (χ1) is 8.70. The Balaban J connectivity index is 0.00000180. The number of anilines is 1. The van der Waals surface area contributed by atoms with Crippen molar-refractivity contribution in [1.82, 2.24) is 5.32 Å². The maximum absolute atomic E-state index is 13.5. The number of piperidine rings is 1. The molecule has 2 N–H and O–H groups in total. The van der Waals surface area contributed by atoms with Crippen LogP contribution in [0.2, 0.25) is 0 Å². The topological polar surface area (TPSA) is 50.4 Å². The lowest BCUT2D eigenvalue weighted by Gasteiger charge is -2.22. The fourth-order valence-electron chi connectivity index (χ4n) is 2.04. The molecule has 1 saturated heterocycles. The fourth-order valence-corrected chi connectivity index (χ4v) is 2.04. The number of carbonyl (C=O) groups excluding carboxylic acids is 1. The van der Waals surface area contributed by atoms with Gasteiger partial charge in [0, 0.05) is 12.6 Å². The van der Waals surface area contributed by atoms with Crippen LogP contribution in [0.15, 0.2) is 18.2 Å². The Morgan fingerprint density at radius 1 is 1.53 bits per heavy atom. The van der Waals surface area contributed by atoms with Gasteiger partial charge in [-0.25, -0.2) is 4.39 Å². The van der Waals surface area contributed by atoms with Crippen molar-refractivity contribution >= 4 is 24.0 Å². The van der Waals surface area contributed by atoms with E-state index in [0.29, 0.717) is 12.3 Å². The number of benzene rings is 1. The van der Waals surface area contributed by atoms with Gasteiger partial charge in [-0.15, -0.1) is 12.4 Å². The molecule has 2 rings (SSSR count). The molecule has 0 unspecified atom stereocenters. The summed E-state index contributed by atoms with van der Waals surface area (Å²) in [5.74, 6) is -0.167. The fraction of sp³-hybridized carbons (Fsp3) is 0.462. The van der Waals surface area contributed by atoms with E-state index in [1.54, 1.807) is 0 Å². The van der Waals surface area contributed by atoms with Crippen LogP contribution in [0.4, 0.5) is 10.1 Å². The second-order valence-corrected chi connectivity index (χ2v) is 4.38. The average molecular weight is 289 g/mol. The Morgan fingerprint density at radius 2 is 2.32 bits per heavy atom. The number of nitrogens with one attached hydrogen (secondary N) is 2. The van der Waals surface area contributed by atoms with Crippen molar-refractivity contribution in [2.75, 3.05) is 25.5 Å². The van der Waals surface area contributed by atoms with Crippen LogP contribution in [0.1, 0.15) is 12.8 Å². The Bertz CT molecular complexity index is 437. The predicted octanol–water partition coefficient (Wildman–Crippen LogP) is 2.19. The van der Waals surface area contributed by atoms with E-state index >= 15 is 0 Å². The minimum absolute atomic E-state index is 0. The van der Waals surface area contributed by atoms with Crippen molar-refractivity contribution in [3.8, 4) is 5.75 Å². The van der Waals surface area contributed by atoms with Gasteiger partial charge in [0.2, 0.25) is 5.91 Å². The van der Waals surface area contributed by atoms with Gasteiger partial charge in [-0.2, -0.15) is 0 Å². The molecule has 1 aromatic rings. The van der Waals surface area contributed by atoms with E-state index in [1.165, 1.54) is 25.3 Å². The van der Waals surface area contributed by atoms with Gasteiger partial charge in [0.15, 0.2) is 0 Å². The molecule has 1 aliphatic rings. The molecule has 0 aliphatic carbocycles. The van der Waals surface area contributed by atoms with E-state index in [1.807, 2.05) is 0 Å². The van der Waals surface area contributed by atoms with E-state index < -0.39 is 5.82 Å². The second-order valence-electron chi connectivity index (χ2n) is 4.38. The zero-order chi connectivity index (χ0) is 13.0. The average Bonchev–Trinajstić information content (AvgIpc) is 2.42. The van der Waals surface area contributed by atoms with Crippen molar-refractivity contribution in [1.29, 1.82) is 0 Å². The van der Waals surface area contributed by atoms with Crippen molar-refractivity contribution in [3.05, 3.63) is 24.0 Å². The number of rotatable bonds is 3. The summed E-state index contributed by atoms with van der Waals surface area (Å²) in [5, 5.41) is 5.78. The molecule has 1 amide bonds. The molecule has 0 spiro atoms. The largest absolute Gasteiger partial charge is 0.497 e. The lowest BCUT2D eigenvalue weighted by Crippen LogP contribution is -2.37. The van der Waals surface area contributed by atoms with Crippen LogP contribution in [-0.4, -0.2) is 26.1 Å². The number of methoxy groups -OCH3 is 1. The van der Waals surface area contributed by atoms with Gasteiger partial charge < -0.3 is 15.4 Å². The summed E-state index contributed by atoms with van der Waals surface area (Å²) in [7, 11) is 1.50. The third-order valence-corrected chi connectivity index (χ3v) is 3.10. The second kappa shape index (κ2) is 7.31. The van der Waals surface area contributed by atoms with Crippen molar-refractivity contribution in [2.24, 2.45) is 5.92 Å². The lowest BCUT2D eigenvalue weighted by atomic mass is 9.99. The van der Waals surface area contributed by atoms with Gasteiger partial charge in [0.25, 0.3) is 0 Å². The molecule has 0 radical (unpaired) electrons. The van der Waals surface area contributed by atoms with Crippen LogP contribution in [0.25, 0.3) is 0 Å². The highest BCUT2D eigenvalue weighted by molar-refractivity contribution is 5.93. The highest BCUT2D eigenvalue weighted by Crippen LogP contribution is 2.22. The molecule has 1 aromatic carbocycles. The third-order valence-electron chi connectivity index (χ3n) is 3.10. The Labute approximate surface area is 118 Å². The summed E-state index contributed by atoms with van der Waals surface area (Å²) < 4.78 is 18.6. The Morgan fingerprint density at radius 3 is 2.95 bits per heavy atom. The minimum Gasteiger partial charge on any atom is -0.497 e. The summed E-state index contributed by atoms with van der Waals surface area (Å²) in [6.07, 6.45) is 1.81. The Hall–Kier alpha value is -1.33.